The van der Waals surface area contributed by atoms with Crippen molar-refractivity contribution in [1.82, 2.24) is 9.88 Å². The van der Waals surface area contributed by atoms with Crippen LogP contribution in [0.3, 0.4) is 0 Å². The zero-order valence-corrected chi connectivity index (χ0v) is 19.2. The number of nitrogens with one attached hydrogen (secondary N) is 2. The molecule has 7 nitrogen and oxygen atoms in total. The molecule has 0 unspecified atom stereocenters. The summed E-state index contributed by atoms with van der Waals surface area (Å²) in [5, 5.41) is 5.83. The van der Waals surface area contributed by atoms with Crippen LogP contribution in [-0.2, 0) is 12.7 Å². The molecular formula is C25H25F3N4O3. The van der Waals surface area contributed by atoms with E-state index in [2.05, 4.69) is 10.6 Å². The molecule has 3 aromatic rings. The van der Waals surface area contributed by atoms with Crippen LogP contribution in [0.25, 0.3) is 0 Å². The van der Waals surface area contributed by atoms with Crippen LogP contribution >= 0.6 is 0 Å². The van der Waals surface area contributed by atoms with Gasteiger partial charge in [-0.3, -0.25) is 14.4 Å². The first-order valence-corrected chi connectivity index (χ1v) is 10.8. The topological polar surface area (TPSA) is 83.4 Å². The summed E-state index contributed by atoms with van der Waals surface area (Å²) < 4.78 is 39.4. The number of amides is 1. The van der Waals surface area contributed by atoms with Gasteiger partial charge < -0.3 is 20.1 Å². The second kappa shape index (κ2) is 11.0. The molecule has 1 aliphatic heterocycles. The number of rotatable bonds is 6. The summed E-state index contributed by atoms with van der Waals surface area (Å²) in [6.45, 7) is 1.20. The first kappa shape index (κ1) is 25.7. The third-order valence-corrected chi connectivity index (χ3v) is 5.45. The Balaban J connectivity index is 0.000000225. The molecule has 4 rings (SSSR count). The van der Waals surface area contributed by atoms with Gasteiger partial charge in [-0.2, -0.15) is 13.2 Å². The predicted molar refractivity (Wildman–Crippen MR) is 127 cm³/mol. The van der Waals surface area contributed by atoms with Gasteiger partial charge in [0.2, 0.25) is 0 Å². The minimum atomic E-state index is -4.41. The molecule has 2 N–H and O–H groups in total. The summed E-state index contributed by atoms with van der Waals surface area (Å²) in [6, 6.07) is 13.4. The highest BCUT2D eigenvalue weighted by atomic mass is 19.4. The van der Waals surface area contributed by atoms with Gasteiger partial charge in [0.05, 0.1) is 12.1 Å². The monoisotopic (exact) mass is 486 g/mol. The Hall–Kier alpha value is -3.92. The number of alkyl halides is 3. The number of Topliss-reactive ketones (excluding diaryl/α,β-unsaturated/α-hetero) is 1. The standard InChI is InChI=1S/C15H11F3N2O2.C10H14N2O/c16-15(17,18)11-1-3-12(4-2-11)20-8-7-19-6-5-10(9-21)13(19)14(20)22;1-11-7-10(13)8-4-3-5-9(6-8)12-2/h1-6,9H,7-8H2;3-6,11-12H,7H2,1-2H3. The highest BCUT2D eigenvalue weighted by Gasteiger charge is 2.32. The first-order valence-electron chi connectivity index (χ1n) is 10.8. The molecule has 0 fully saturated rings. The third kappa shape index (κ3) is 5.96. The second-order valence-electron chi connectivity index (χ2n) is 7.72. The second-order valence-corrected chi connectivity index (χ2v) is 7.72. The van der Waals surface area contributed by atoms with Crippen LogP contribution in [0.1, 0.15) is 36.8 Å². The number of hydrogen-bond acceptors (Lipinski definition) is 5. The summed E-state index contributed by atoms with van der Waals surface area (Å²) in [5.74, 6) is -0.280. The number of benzene rings is 2. The minimum Gasteiger partial charge on any atom is -0.388 e. The van der Waals surface area contributed by atoms with Crippen molar-refractivity contribution in [2.24, 2.45) is 0 Å². The van der Waals surface area contributed by atoms with Crippen LogP contribution < -0.4 is 15.5 Å². The SMILES string of the molecule is CNCC(=O)c1cccc(NC)c1.O=Cc1ccn2c1C(=O)N(c1ccc(C(F)(F)F)cc1)CC2. The van der Waals surface area contributed by atoms with Crippen molar-refractivity contribution in [3.05, 3.63) is 83.2 Å². The molecule has 0 atom stereocenters. The largest absolute Gasteiger partial charge is 0.416 e. The number of carbonyl (C=O) groups is 3. The number of hydrogen-bond donors (Lipinski definition) is 2. The van der Waals surface area contributed by atoms with Crippen LogP contribution in [0.15, 0.2) is 60.8 Å². The number of aromatic nitrogens is 1. The van der Waals surface area contributed by atoms with E-state index < -0.39 is 17.6 Å². The number of halogens is 3. The average molecular weight is 486 g/mol. The van der Waals surface area contributed by atoms with Crippen LogP contribution in [0.5, 0.6) is 0 Å². The van der Waals surface area contributed by atoms with Gasteiger partial charge in [-0.05, 0) is 49.5 Å². The van der Waals surface area contributed by atoms with Crippen molar-refractivity contribution < 1.29 is 27.6 Å². The summed E-state index contributed by atoms with van der Waals surface area (Å²) in [4.78, 5) is 36.2. The van der Waals surface area contributed by atoms with E-state index in [4.69, 9.17) is 0 Å². The predicted octanol–water partition coefficient (Wildman–Crippen LogP) is 4.11. The van der Waals surface area contributed by atoms with E-state index in [1.54, 1.807) is 23.9 Å². The molecule has 1 aliphatic rings. The number of anilines is 2. The van der Waals surface area contributed by atoms with Gasteiger partial charge in [-0.1, -0.05) is 12.1 Å². The van der Waals surface area contributed by atoms with Gasteiger partial charge in [0, 0.05) is 48.8 Å². The Bertz CT molecular complexity index is 1200. The molecule has 0 bridgehead atoms. The van der Waals surface area contributed by atoms with Crippen molar-refractivity contribution >= 4 is 29.4 Å². The zero-order valence-electron chi connectivity index (χ0n) is 19.2. The van der Waals surface area contributed by atoms with E-state index in [1.807, 2.05) is 31.3 Å². The smallest absolute Gasteiger partial charge is 0.388 e. The maximum absolute atomic E-state index is 12.6. The van der Waals surface area contributed by atoms with E-state index in [-0.39, 0.29) is 17.0 Å². The van der Waals surface area contributed by atoms with Crippen LogP contribution in [0.2, 0.25) is 0 Å². The van der Waals surface area contributed by atoms with E-state index in [0.29, 0.717) is 31.6 Å². The summed E-state index contributed by atoms with van der Waals surface area (Å²) in [7, 11) is 3.60. The van der Waals surface area contributed by atoms with Crippen LogP contribution in [-0.4, -0.2) is 49.7 Å². The lowest BCUT2D eigenvalue weighted by molar-refractivity contribution is -0.137. The van der Waals surface area contributed by atoms with E-state index >= 15 is 0 Å². The summed E-state index contributed by atoms with van der Waals surface area (Å²) in [6.07, 6.45) is -2.16. The Morgan fingerprint density at radius 2 is 1.77 bits per heavy atom. The summed E-state index contributed by atoms with van der Waals surface area (Å²) in [5.41, 5.74) is 1.85. The quantitative estimate of drug-likeness (QED) is 0.405. The molecule has 1 aromatic heterocycles. The lowest BCUT2D eigenvalue weighted by atomic mass is 10.1. The van der Waals surface area contributed by atoms with Gasteiger partial charge in [0.15, 0.2) is 12.1 Å². The molecule has 0 saturated heterocycles. The highest BCUT2D eigenvalue weighted by molar-refractivity contribution is 6.09. The lowest BCUT2D eigenvalue weighted by Crippen LogP contribution is -2.40. The van der Waals surface area contributed by atoms with E-state index in [0.717, 1.165) is 23.4 Å². The van der Waals surface area contributed by atoms with Crippen LogP contribution in [0, 0.1) is 0 Å². The Morgan fingerprint density at radius 3 is 2.37 bits per heavy atom. The van der Waals surface area contributed by atoms with Gasteiger partial charge >= 0.3 is 6.18 Å². The fourth-order valence-corrected chi connectivity index (χ4v) is 3.64. The molecule has 0 radical (unpaired) electrons. The van der Waals surface area contributed by atoms with Crippen molar-refractivity contribution in [3.8, 4) is 0 Å². The number of fused-ring (bicyclic) bond motifs is 1. The first-order chi connectivity index (χ1) is 16.7. The molecule has 0 saturated carbocycles. The number of nitrogens with zero attached hydrogens (tertiary/aromatic N) is 2. The Kier molecular flexibility index (Phi) is 8.08. The van der Waals surface area contributed by atoms with Crippen molar-refractivity contribution in [2.75, 3.05) is 37.4 Å². The van der Waals surface area contributed by atoms with Gasteiger partial charge in [-0.15, -0.1) is 0 Å². The van der Waals surface area contributed by atoms with Gasteiger partial charge in [0.25, 0.3) is 5.91 Å². The minimum absolute atomic E-state index is 0.111. The maximum atomic E-state index is 12.6. The number of ketones is 1. The molecule has 1 amide bonds. The molecule has 2 heterocycles. The van der Waals surface area contributed by atoms with Crippen molar-refractivity contribution in [2.45, 2.75) is 12.7 Å². The lowest BCUT2D eigenvalue weighted by Gasteiger charge is -2.29. The van der Waals surface area contributed by atoms with Crippen molar-refractivity contribution in [1.29, 1.82) is 0 Å². The molecule has 0 aliphatic carbocycles. The highest BCUT2D eigenvalue weighted by Crippen LogP contribution is 2.31. The number of aldehydes is 1. The third-order valence-electron chi connectivity index (χ3n) is 5.45. The molecule has 10 heteroatoms. The average Bonchev–Trinajstić information content (AvgIpc) is 3.29. The molecule has 2 aromatic carbocycles. The maximum Gasteiger partial charge on any atom is 0.416 e. The summed E-state index contributed by atoms with van der Waals surface area (Å²) >= 11 is 0. The van der Waals surface area contributed by atoms with Crippen molar-refractivity contribution in [3.63, 3.8) is 0 Å². The number of likely N-dealkylation sites (N-methyl/N-ethyl adjacent to an activating group) is 1. The van der Waals surface area contributed by atoms with Gasteiger partial charge in [-0.25, -0.2) is 0 Å². The zero-order chi connectivity index (χ0) is 25.6. The number of carbonyl (C=O) groups excluding carboxylic acids is 3. The fourth-order valence-electron chi connectivity index (χ4n) is 3.64. The van der Waals surface area contributed by atoms with E-state index in [1.165, 1.54) is 17.0 Å². The molecule has 0 spiro atoms. The Morgan fingerprint density at radius 1 is 1.06 bits per heavy atom. The molecule has 184 valence electrons. The Labute approximate surface area is 200 Å². The normalized spacial score (nSPS) is 12.9. The van der Waals surface area contributed by atoms with Gasteiger partial charge in [0.1, 0.15) is 5.69 Å². The fraction of sp³-hybridized carbons (Fsp3) is 0.240. The van der Waals surface area contributed by atoms with Crippen LogP contribution in [0.4, 0.5) is 24.5 Å². The van der Waals surface area contributed by atoms with E-state index in [9.17, 15) is 27.6 Å². The molecule has 35 heavy (non-hydrogen) atoms. The molecular weight excluding hydrogens is 461 g/mol.